The van der Waals surface area contributed by atoms with Gasteiger partial charge in [-0.15, -0.1) is 11.3 Å². The Morgan fingerprint density at radius 3 is 2.79 bits per heavy atom. The smallest absolute Gasteiger partial charge is 0.227 e. The fourth-order valence-electron chi connectivity index (χ4n) is 1.15. The highest BCUT2D eigenvalue weighted by molar-refractivity contribution is 8.16. The lowest BCUT2D eigenvalue weighted by molar-refractivity contribution is 0.222. The van der Waals surface area contributed by atoms with Crippen molar-refractivity contribution in [3.63, 3.8) is 0 Å². The molecule has 0 radical (unpaired) electrons. The molecule has 0 saturated carbocycles. The Hall–Kier alpha value is -0.300. The monoisotopic (exact) mass is 248 g/mol. The van der Waals surface area contributed by atoms with Gasteiger partial charge in [-0.3, -0.25) is 0 Å². The lowest BCUT2D eigenvalue weighted by Gasteiger charge is -2.19. The molecule has 0 saturated heterocycles. The molecule has 0 bridgehead atoms. The summed E-state index contributed by atoms with van der Waals surface area (Å²) in [5, 5.41) is 13.2. The minimum absolute atomic E-state index is 0.151. The van der Waals surface area contributed by atoms with E-state index in [1.807, 2.05) is 0 Å². The molecule has 1 aromatic heterocycles. The van der Waals surface area contributed by atoms with Gasteiger partial charge in [-0.1, -0.05) is 23.9 Å². The van der Waals surface area contributed by atoms with Crippen LogP contribution in [0, 0.1) is 0 Å². The summed E-state index contributed by atoms with van der Waals surface area (Å²) in [6.45, 7) is 0. The molecule has 14 heavy (non-hydrogen) atoms. The van der Waals surface area contributed by atoms with Crippen molar-refractivity contribution in [2.75, 3.05) is 0 Å². The molecule has 1 aliphatic rings. The number of thiophene rings is 1. The lowest BCUT2D eigenvalue weighted by Crippen LogP contribution is -2.31. The fourth-order valence-corrected chi connectivity index (χ4v) is 5.27. The predicted octanol–water partition coefficient (Wildman–Crippen LogP) is 1.82. The van der Waals surface area contributed by atoms with E-state index in [2.05, 4.69) is 0 Å². The van der Waals surface area contributed by atoms with Crippen LogP contribution >= 0.6 is 23.1 Å². The van der Waals surface area contributed by atoms with E-state index in [9.17, 15) is 13.5 Å². The Labute approximate surface area is 90.4 Å². The first-order chi connectivity index (χ1) is 6.56. The standard InChI is InChI=1S/C8H8O3S3/c9-8(4-2-6-13-8)14(10,11)7-3-1-5-12-7/h1-3,5-6,9H,4H2. The molecule has 0 spiro atoms. The van der Waals surface area contributed by atoms with Crippen molar-refractivity contribution in [1.29, 1.82) is 0 Å². The van der Waals surface area contributed by atoms with Gasteiger partial charge in [0.05, 0.1) is 0 Å². The van der Waals surface area contributed by atoms with E-state index >= 15 is 0 Å². The predicted molar refractivity (Wildman–Crippen MR) is 57.8 cm³/mol. The molecule has 0 fully saturated rings. The molecular formula is C8H8O3S3. The van der Waals surface area contributed by atoms with Crippen LogP contribution in [-0.2, 0) is 9.84 Å². The second-order valence-electron chi connectivity index (χ2n) is 2.84. The molecule has 1 atom stereocenters. The molecular weight excluding hydrogens is 240 g/mol. The Morgan fingerprint density at radius 2 is 2.29 bits per heavy atom. The van der Waals surface area contributed by atoms with Crippen LogP contribution in [0.5, 0.6) is 0 Å². The molecule has 76 valence electrons. The van der Waals surface area contributed by atoms with E-state index in [0.717, 1.165) is 23.1 Å². The van der Waals surface area contributed by atoms with Crippen LogP contribution in [0.1, 0.15) is 6.42 Å². The largest absolute Gasteiger partial charge is 0.366 e. The molecule has 6 heteroatoms. The summed E-state index contributed by atoms with van der Waals surface area (Å²) in [6, 6.07) is 3.17. The second kappa shape index (κ2) is 3.37. The fraction of sp³-hybridized carbons (Fsp3) is 0.250. The molecule has 0 aliphatic carbocycles. The van der Waals surface area contributed by atoms with Gasteiger partial charge < -0.3 is 5.11 Å². The van der Waals surface area contributed by atoms with Crippen molar-refractivity contribution in [2.45, 2.75) is 14.9 Å². The van der Waals surface area contributed by atoms with Gasteiger partial charge in [0.1, 0.15) is 4.21 Å². The number of hydrogen-bond donors (Lipinski definition) is 1. The van der Waals surface area contributed by atoms with Crippen LogP contribution in [0.2, 0.25) is 0 Å². The highest BCUT2D eigenvalue weighted by atomic mass is 32.3. The number of hydrogen-bond acceptors (Lipinski definition) is 5. The molecule has 3 nitrogen and oxygen atoms in total. The lowest BCUT2D eigenvalue weighted by atomic mass is 10.4. The van der Waals surface area contributed by atoms with Gasteiger partial charge in [0, 0.05) is 6.42 Å². The number of sulfone groups is 1. The summed E-state index contributed by atoms with van der Waals surface area (Å²) in [6.07, 6.45) is 1.81. The van der Waals surface area contributed by atoms with Crippen LogP contribution in [-0.4, -0.2) is 17.8 Å². The molecule has 0 amide bonds. The van der Waals surface area contributed by atoms with Gasteiger partial charge >= 0.3 is 0 Å². The number of aliphatic hydroxyl groups is 1. The zero-order valence-corrected chi connectivity index (χ0v) is 9.53. The van der Waals surface area contributed by atoms with Gasteiger partial charge in [0.15, 0.2) is 0 Å². The maximum Gasteiger partial charge on any atom is 0.227 e. The van der Waals surface area contributed by atoms with Crippen molar-refractivity contribution >= 4 is 32.9 Å². The van der Waals surface area contributed by atoms with Crippen LogP contribution in [0.3, 0.4) is 0 Å². The minimum Gasteiger partial charge on any atom is -0.366 e. The maximum absolute atomic E-state index is 11.9. The Bertz CT molecular complexity index is 436. The van der Waals surface area contributed by atoms with Crippen molar-refractivity contribution < 1.29 is 13.5 Å². The highest BCUT2D eigenvalue weighted by Crippen LogP contribution is 2.42. The molecule has 0 aromatic carbocycles. The third kappa shape index (κ3) is 1.42. The summed E-state index contributed by atoms with van der Waals surface area (Å²) in [4.78, 5) is 0. The normalized spacial score (nSPS) is 26.9. The highest BCUT2D eigenvalue weighted by Gasteiger charge is 2.44. The zero-order valence-electron chi connectivity index (χ0n) is 7.08. The SMILES string of the molecule is O=S(=O)(c1cccs1)C1(O)CC=CS1. The van der Waals surface area contributed by atoms with Crippen LogP contribution in [0.15, 0.2) is 33.2 Å². The van der Waals surface area contributed by atoms with E-state index in [0.29, 0.717) is 0 Å². The summed E-state index contributed by atoms with van der Waals surface area (Å²) in [5.41, 5.74) is 0. The van der Waals surface area contributed by atoms with E-state index < -0.39 is 14.1 Å². The Balaban J connectivity index is 2.43. The zero-order chi connectivity index (χ0) is 10.2. The quantitative estimate of drug-likeness (QED) is 0.867. The summed E-state index contributed by atoms with van der Waals surface area (Å²) in [5.74, 6) is 0. The second-order valence-corrected chi connectivity index (χ2v) is 7.61. The first-order valence-electron chi connectivity index (χ1n) is 3.90. The molecule has 1 aliphatic heterocycles. The van der Waals surface area contributed by atoms with Crippen molar-refractivity contribution in [2.24, 2.45) is 0 Å². The first-order valence-corrected chi connectivity index (χ1v) is 7.14. The van der Waals surface area contributed by atoms with E-state index in [4.69, 9.17) is 0 Å². The molecule has 1 aromatic rings. The topological polar surface area (TPSA) is 54.4 Å². The van der Waals surface area contributed by atoms with Crippen molar-refractivity contribution in [1.82, 2.24) is 0 Å². The average molecular weight is 248 g/mol. The van der Waals surface area contributed by atoms with Gasteiger partial charge in [-0.25, -0.2) is 8.42 Å². The Kier molecular flexibility index (Phi) is 2.46. The van der Waals surface area contributed by atoms with Crippen molar-refractivity contribution in [3.8, 4) is 0 Å². The van der Waals surface area contributed by atoms with Gasteiger partial charge in [0.2, 0.25) is 14.1 Å². The molecule has 1 N–H and O–H groups in total. The third-order valence-corrected chi connectivity index (χ3v) is 7.00. The molecule has 2 heterocycles. The summed E-state index contributed by atoms with van der Waals surface area (Å²) in [7, 11) is -3.62. The summed E-state index contributed by atoms with van der Waals surface area (Å²) < 4.78 is 22.4. The first kappa shape index (κ1) is 10.2. The van der Waals surface area contributed by atoms with Gasteiger partial charge in [-0.05, 0) is 16.9 Å². The van der Waals surface area contributed by atoms with Crippen LogP contribution in [0.25, 0.3) is 0 Å². The molecule has 1 unspecified atom stereocenters. The molecule has 2 rings (SSSR count). The van der Waals surface area contributed by atoms with Gasteiger partial charge in [0.25, 0.3) is 0 Å². The van der Waals surface area contributed by atoms with Crippen molar-refractivity contribution in [3.05, 3.63) is 29.0 Å². The van der Waals surface area contributed by atoms with E-state index in [1.54, 1.807) is 22.9 Å². The average Bonchev–Trinajstić information content (AvgIpc) is 2.73. The summed E-state index contributed by atoms with van der Waals surface area (Å²) >= 11 is 2.07. The van der Waals surface area contributed by atoms with E-state index in [-0.39, 0.29) is 10.6 Å². The number of thioether (sulfide) groups is 1. The van der Waals surface area contributed by atoms with E-state index in [1.165, 1.54) is 6.07 Å². The Morgan fingerprint density at radius 1 is 1.50 bits per heavy atom. The minimum atomic E-state index is -3.62. The van der Waals surface area contributed by atoms with Crippen LogP contribution < -0.4 is 0 Å². The maximum atomic E-state index is 11.9. The number of rotatable bonds is 2. The van der Waals surface area contributed by atoms with Gasteiger partial charge in [-0.2, -0.15) is 0 Å². The third-order valence-electron chi connectivity index (χ3n) is 1.90. The van der Waals surface area contributed by atoms with Crippen LogP contribution in [0.4, 0.5) is 0 Å².